The first-order valence-corrected chi connectivity index (χ1v) is 8.35. The van der Waals surface area contributed by atoms with Crippen LogP contribution in [0.5, 0.6) is 0 Å². The Morgan fingerprint density at radius 1 is 1.24 bits per heavy atom. The van der Waals surface area contributed by atoms with Gasteiger partial charge in [-0.3, -0.25) is 4.79 Å². The normalized spacial score (nSPS) is 28.6. The molecule has 0 bridgehead atoms. The van der Waals surface area contributed by atoms with Crippen LogP contribution in [0.25, 0.3) is 0 Å². The molecule has 1 aliphatic carbocycles. The van der Waals surface area contributed by atoms with Crippen molar-refractivity contribution in [1.82, 2.24) is 10.3 Å². The fraction of sp³-hybridized carbons (Fsp3) is 0.316. The fourth-order valence-corrected chi connectivity index (χ4v) is 3.17. The number of amides is 3. The molecule has 4 rings (SSSR count). The highest BCUT2D eigenvalue weighted by Crippen LogP contribution is 2.47. The number of nitrogens with one attached hydrogen (secondary N) is 1. The highest BCUT2D eigenvalue weighted by Gasteiger charge is 2.49. The van der Waals surface area contributed by atoms with E-state index in [9.17, 15) is 9.59 Å². The van der Waals surface area contributed by atoms with E-state index in [1.165, 1.54) is 6.21 Å². The first-order valence-electron chi connectivity index (χ1n) is 8.35. The van der Waals surface area contributed by atoms with Crippen LogP contribution in [0.1, 0.15) is 43.3 Å². The number of carbonyl (C=O) groups excluding carboxylic acids is 2. The number of carbonyl (C=O) groups is 2. The maximum Gasteiger partial charge on any atom is 0.346 e. The van der Waals surface area contributed by atoms with Crippen molar-refractivity contribution in [2.75, 3.05) is 0 Å². The van der Waals surface area contributed by atoms with Gasteiger partial charge in [0.1, 0.15) is 17.1 Å². The van der Waals surface area contributed by atoms with Gasteiger partial charge in [0.2, 0.25) is 0 Å². The molecule has 3 atom stereocenters. The third-order valence-electron chi connectivity index (χ3n) is 4.94. The fourth-order valence-electron chi connectivity index (χ4n) is 3.17. The molecule has 1 saturated carbocycles. The second-order valence-corrected chi connectivity index (χ2v) is 6.84. The van der Waals surface area contributed by atoms with Gasteiger partial charge < -0.3 is 9.73 Å². The number of hydrogen-bond donors (Lipinski definition) is 1. The van der Waals surface area contributed by atoms with Crippen molar-refractivity contribution >= 4 is 18.2 Å². The Morgan fingerprint density at radius 3 is 2.64 bits per heavy atom. The number of hydrazone groups is 1. The molecule has 6 heteroatoms. The third-order valence-corrected chi connectivity index (χ3v) is 4.94. The summed E-state index contributed by atoms with van der Waals surface area (Å²) in [5.74, 6) is 2.17. The number of furan rings is 1. The van der Waals surface area contributed by atoms with Crippen molar-refractivity contribution in [1.29, 1.82) is 0 Å². The molecule has 2 heterocycles. The number of rotatable bonds is 4. The summed E-state index contributed by atoms with van der Waals surface area (Å²) in [6.07, 6.45) is 2.54. The van der Waals surface area contributed by atoms with E-state index in [-0.39, 0.29) is 0 Å². The zero-order chi connectivity index (χ0) is 17.6. The molecule has 1 aliphatic heterocycles. The molecule has 2 aromatic rings. The molecular weight excluding hydrogens is 318 g/mol. The lowest BCUT2D eigenvalue weighted by molar-refractivity contribution is -0.131. The Labute approximate surface area is 145 Å². The zero-order valence-corrected chi connectivity index (χ0v) is 14.1. The molecule has 1 saturated heterocycles. The summed E-state index contributed by atoms with van der Waals surface area (Å²) in [6.45, 7) is 3.86. The van der Waals surface area contributed by atoms with Crippen molar-refractivity contribution in [2.24, 2.45) is 11.0 Å². The summed E-state index contributed by atoms with van der Waals surface area (Å²) in [4.78, 5) is 24.9. The minimum atomic E-state index is -1.12. The van der Waals surface area contributed by atoms with Crippen molar-refractivity contribution in [3.05, 3.63) is 59.5 Å². The van der Waals surface area contributed by atoms with Crippen LogP contribution < -0.4 is 5.32 Å². The average molecular weight is 337 g/mol. The number of imide groups is 1. The van der Waals surface area contributed by atoms with Crippen LogP contribution in [-0.4, -0.2) is 23.2 Å². The minimum absolute atomic E-state index is 0.414. The molecule has 0 spiro atoms. The predicted molar refractivity (Wildman–Crippen MR) is 92.0 cm³/mol. The average Bonchev–Trinajstić information content (AvgIpc) is 3.07. The summed E-state index contributed by atoms with van der Waals surface area (Å²) in [7, 11) is 0. The standard InChI is InChI=1S/C19H19N3O3/c1-12-10-15(12)16-9-8-14(25-16)11-20-22-17(23)19(2,21-18(22)24)13-6-4-3-5-7-13/h3-9,11-12,15H,10H2,1-2H3,(H,21,24)/b20-11-/t12-,15-,19-/m1/s1. The summed E-state index contributed by atoms with van der Waals surface area (Å²) in [5, 5.41) is 7.61. The van der Waals surface area contributed by atoms with E-state index in [4.69, 9.17) is 4.42 Å². The van der Waals surface area contributed by atoms with Gasteiger partial charge >= 0.3 is 6.03 Å². The van der Waals surface area contributed by atoms with Crippen molar-refractivity contribution in [3.63, 3.8) is 0 Å². The first kappa shape index (κ1) is 15.6. The molecule has 1 aromatic carbocycles. The third kappa shape index (κ3) is 2.63. The number of benzene rings is 1. The predicted octanol–water partition coefficient (Wildman–Crippen LogP) is 3.20. The Hall–Kier alpha value is -2.89. The molecule has 6 nitrogen and oxygen atoms in total. The van der Waals surface area contributed by atoms with Crippen molar-refractivity contribution in [3.8, 4) is 0 Å². The molecule has 1 N–H and O–H groups in total. The van der Waals surface area contributed by atoms with Crippen LogP contribution >= 0.6 is 0 Å². The van der Waals surface area contributed by atoms with Crippen molar-refractivity contribution in [2.45, 2.75) is 31.7 Å². The lowest BCUT2D eigenvalue weighted by Gasteiger charge is -2.20. The van der Waals surface area contributed by atoms with Crippen LogP contribution in [-0.2, 0) is 10.3 Å². The van der Waals surface area contributed by atoms with Gasteiger partial charge in [-0.2, -0.15) is 5.10 Å². The Balaban J connectivity index is 1.54. The van der Waals surface area contributed by atoms with Gasteiger partial charge in [-0.05, 0) is 37.0 Å². The monoisotopic (exact) mass is 337 g/mol. The van der Waals surface area contributed by atoms with Crippen LogP contribution in [0, 0.1) is 5.92 Å². The molecule has 25 heavy (non-hydrogen) atoms. The highest BCUT2D eigenvalue weighted by atomic mass is 16.3. The lowest BCUT2D eigenvalue weighted by Crippen LogP contribution is -2.40. The maximum absolute atomic E-state index is 12.7. The van der Waals surface area contributed by atoms with Crippen LogP contribution in [0.2, 0.25) is 0 Å². The topological polar surface area (TPSA) is 74.9 Å². The SMILES string of the molecule is C[C@@H]1C[C@H]1c1ccc(/C=N\N2C(=O)N[C@](C)(c3ccccc3)C2=O)o1. The number of urea groups is 1. The smallest absolute Gasteiger partial charge is 0.346 e. The Kier molecular flexibility index (Phi) is 3.49. The molecule has 0 radical (unpaired) electrons. The molecule has 1 aromatic heterocycles. The second kappa shape index (κ2) is 5.58. The van der Waals surface area contributed by atoms with E-state index >= 15 is 0 Å². The van der Waals surface area contributed by atoms with Gasteiger partial charge in [-0.1, -0.05) is 37.3 Å². The Morgan fingerprint density at radius 2 is 1.96 bits per heavy atom. The van der Waals surface area contributed by atoms with E-state index < -0.39 is 17.5 Å². The van der Waals surface area contributed by atoms with Crippen LogP contribution in [0.15, 0.2) is 52.0 Å². The van der Waals surface area contributed by atoms with E-state index in [1.807, 2.05) is 24.3 Å². The first-order chi connectivity index (χ1) is 12.0. The Bertz CT molecular complexity index is 858. The van der Waals surface area contributed by atoms with Crippen LogP contribution in [0.3, 0.4) is 0 Å². The van der Waals surface area contributed by atoms with Crippen molar-refractivity contribution < 1.29 is 14.0 Å². The second-order valence-electron chi connectivity index (χ2n) is 6.84. The lowest BCUT2D eigenvalue weighted by atomic mass is 9.92. The summed E-state index contributed by atoms with van der Waals surface area (Å²) < 4.78 is 5.73. The molecule has 128 valence electrons. The summed E-state index contributed by atoms with van der Waals surface area (Å²) in [6, 6.07) is 12.3. The van der Waals surface area contributed by atoms with Gasteiger partial charge in [0.05, 0.1) is 6.21 Å². The minimum Gasteiger partial charge on any atom is -0.460 e. The van der Waals surface area contributed by atoms with Gasteiger partial charge in [-0.25, -0.2) is 4.79 Å². The largest absolute Gasteiger partial charge is 0.460 e. The molecular formula is C19H19N3O3. The van der Waals surface area contributed by atoms with Gasteiger partial charge in [0.25, 0.3) is 5.91 Å². The molecule has 3 amide bonds. The van der Waals surface area contributed by atoms with Gasteiger partial charge in [0.15, 0.2) is 0 Å². The zero-order valence-electron chi connectivity index (χ0n) is 14.1. The number of hydrogen-bond acceptors (Lipinski definition) is 4. The van der Waals surface area contributed by atoms with E-state index in [1.54, 1.807) is 25.1 Å². The summed E-state index contributed by atoms with van der Waals surface area (Å²) in [5.41, 5.74) is -0.401. The van der Waals surface area contributed by atoms with Gasteiger partial charge in [-0.15, -0.1) is 5.01 Å². The molecule has 2 fully saturated rings. The number of nitrogens with zero attached hydrogens (tertiary/aromatic N) is 2. The molecule has 0 unspecified atom stereocenters. The summed E-state index contributed by atoms with van der Waals surface area (Å²) >= 11 is 0. The molecule has 2 aliphatic rings. The maximum atomic E-state index is 12.7. The van der Waals surface area contributed by atoms with E-state index in [2.05, 4.69) is 17.3 Å². The van der Waals surface area contributed by atoms with E-state index in [0.717, 1.165) is 17.2 Å². The highest BCUT2D eigenvalue weighted by molar-refractivity contribution is 6.07. The van der Waals surface area contributed by atoms with Gasteiger partial charge in [0, 0.05) is 5.92 Å². The quantitative estimate of drug-likeness (QED) is 0.687. The van der Waals surface area contributed by atoms with E-state index in [0.29, 0.717) is 23.2 Å². The van der Waals surface area contributed by atoms with Crippen LogP contribution in [0.4, 0.5) is 4.79 Å².